The van der Waals surface area contributed by atoms with Crippen LogP contribution in [0.1, 0.15) is 27.2 Å². The van der Waals surface area contributed by atoms with E-state index in [1.807, 2.05) is 37.3 Å². The number of anilines is 1. The van der Waals surface area contributed by atoms with Gasteiger partial charge in [-0.3, -0.25) is 4.79 Å². The Labute approximate surface area is 114 Å². The van der Waals surface area contributed by atoms with Gasteiger partial charge in [0, 0.05) is 17.0 Å². The number of benzene rings is 2. The lowest BCUT2D eigenvalue weighted by Crippen LogP contribution is -2.25. The highest BCUT2D eigenvalue weighted by molar-refractivity contribution is 6.02. The molecule has 19 heavy (non-hydrogen) atoms. The minimum Gasteiger partial charge on any atom is -0.325 e. The van der Waals surface area contributed by atoms with E-state index in [0.717, 1.165) is 22.9 Å². The highest BCUT2D eigenvalue weighted by Crippen LogP contribution is 2.24. The number of carbonyl (C=O) groups excluding carboxylic acids is 1. The lowest BCUT2D eigenvalue weighted by Gasteiger charge is -2.18. The molecule has 1 N–H and O–H groups in total. The summed E-state index contributed by atoms with van der Waals surface area (Å²) in [6, 6.07) is 14.1. The average molecular weight is 255 g/mol. The first-order chi connectivity index (χ1) is 9.13. The second kappa shape index (κ2) is 5.87. The van der Waals surface area contributed by atoms with Crippen LogP contribution in [0, 0.1) is 11.8 Å². The second-order valence-electron chi connectivity index (χ2n) is 5.19. The first-order valence-corrected chi connectivity index (χ1v) is 6.92. The zero-order valence-corrected chi connectivity index (χ0v) is 11.8. The van der Waals surface area contributed by atoms with Gasteiger partial charge in [0.25, 0.3) is 0 Å². The van der Waals surface area contributed by atoms with Crippen LogP contribution in [0.2, 0.25) is 0 Å². The molecule has 0 fully saturated rings. The molecule has 0 radical (unpaired) electrons. The van der Waals surface area contributed by atoms with E-state index in [1.54, 1.807) is 0 Å². The van der Waals surface area contributed by atoms with Gasteiger partial charge in [-0.2, -0.15) is 0 Å². The molecule has 2 atom stereocenters. The number of amides is 1. The maximum Gasteiger partial charge on any atom is 0.227 e. The van der Waals surface area contributed by atoms with E-state index >= 15 is 0 Å². The molecule has 0 heterocycles. The SMILES string of the molecule is CCC(C)C(C)C(=O)Nc1cccc2ccccc12. The molecule has 1 amide bonds. The number of hydrogen-bond acceptors (Lipinski definition) is 1. The fraction of sp³-hybridized carbons (Fsp3) is 0.353. The van der Waals surface area contributed by atoms with Crippen LogP contribution in [-0.2, 0) is 4.79 Å². The molecular weight excluding hydrogens is 234 g/mol. The van der Waals surface area contributed by atoms with Crippen LogP contribution >= 0.6 is 0 Å². The number of carbonyl (C=O) groups is 1. The summed E-state index contributed by atoms with van der Waals surface area (Å²) < 4.78 is 0. The highest BCUT2D eigenvalue weighted by Gasteiger charge is 2.19. The third kappa shape index (κ3) is 2.95. The zero-order valence-electron chi connectivity index (χ0n) is 11.8. The minimum atomic E-state index is 0.0315. The largest absolute Gasteiger partial charge is 0.325 e. The Morgan fingerprint density at radius 1 is 1.11 bits per heavy atom. The van der Waals surface area contributed by atoms with Gasteiger partial charge in [-0.05, 0) is 17.4 Å². The van der Waals surface area contributed by atoms with Crippen molar-refractivity contribution < 1.29 is 4.79 Å². The third-order valence-electron chi connectivity index (χ3n) is 3.96. The third-order valence-corrected chi connectivity index (χ3v) is 3.96. The lowest BCUT2D eigenvalue weighted by atomic mass is 9.93. The van der Waals surface area contributed by atoms with Crippen molar-refractivity contribution in [3.8, 4) is 0 Å². The molecule has 100 valence electrons. The van der Waals surface area contributed by atoms with Crippen LogP contribution in [0.4, 0.5) is 5.69 Å². The Hall–Kier alpha value is -1.83. The summed E-state index contributed by atoms with van der Waals surface area (Å²) in [7, 11) is 0. The number of rotatable bonds is 4. The molecule has 0 bridgehead atoms. The standard InChI is InChI=1S/C17H21NO/c1-4-12(2)13(3)17(19)18-16-11-7-9-14-8-5-6-10-15(14)16/h5-13H,4H2,1-3H3,(H,18,19). The molecule has 0 aliphatic heterocycles. The Bertz CT molecular complexity index is 571. The fourth-order valence-electron chi connectivity index (χ4n) is 2.19. The van der Waals surface area contributed by atoms with Gasteiger partial charge in [-0.15, -0.1) is 0 Å². The average Bonchev–Trinajstić information content (AvgIpc) is 2.46. The lowest BCUT2D eigenvalue weighted by molar-refractivity contribution is -0.120. The summed E-state index contributed by atoms with van der Waals surface area (Å²) in [5, 5.41) is 5.30. The quantitative estimate of drug-likeness (QED) is 0.858. The van der Waals surface area contributed by atoms with Gasteiger partial charge in [0.1, 0.15) is 0 Å². The van der Waals surface area contributed by atoms with Crippen LogP contribution in [0.3, 0.4) is 0 Å². The van der Waals surface area contributed by atoms with Crippen LogP contribution in [0.25, 0.3) is 10.8 Å². The summed E-state index contributed by atoms with van der Waals surface area (Å²) in [5.41, 5.74) is 0.901. The summed E-state index contributed by atoms with van der Waals surface area (Å²) >= 11 is 0. The molecule has 2 aromatic rings. The van der Waals surface area contributed by atoms with Crippen molar-refractivity contribution in [2.75, 3.05) is 5.32 Å². The van der Waals surface area contributed by atoms with E-state index in [0.29, 0.717) is 5.92 Å². The van der Waals surface area contributed by atoms with Crippen LogP contribution in [0.15, 0.2) is 42.5 Å². The first kappa shape index (κ1) is 13.6. The summed E-state index contributed by atoms with van der Waals surface area (Å²) in [6.45, 7) is 6.23. The summed E-state index contributed by atoms with van der Waals surface area (Å²) in [6.07, 6.45) is 1.02. The zero-order chi connectivity index (χ0) is 13.8. The summed E-state index contributed by atoms with van der Waals surface area (Å²) in [4.78, 5) is 12.2. The Balaban J connectivity index is 2.24. The molecule has 0 aromatic heterocycles. The molecule has 2 nitrogen and oxygen atoms in total. The molecule has 0 spiro atoms. The van der Waals surface area contributed by atoms with Crippen LogP contribution in [-0.4, -0.2) is 5.91 Å². The molecule has 0 aliphatic carbocycles. The van der Waals surface area contributed by atoms with E-state index in [-0.39, 0.29) is 11.8 Å². The van der Waals surface area contributed by atoms with Crippen molar-refractivity contribution in [3.63, 3.8) is 0 Å². The van der Waals surface area contributed by atoms with E-state index in [1.165, 1.54) is 0 Å². The van der Waals surface area contributed by atoms with Gasteiger partial charge in [0.15, 0.2) is 0 Å². The van der Waals surface area contributed by atoms with Gasteiger partial charge >= 0.3 is 0 Å². The monoisotopic (exact) mass is 255 g/mol. The van der Waals surface area contributed by atoms with Crippen molar-refractivity contribution >= 4 is 22.4 Å². The van der Waals surface area contributed by atoms with Gasteiger partial charge in [0.05, 0.1) is 0 Å². The normalized spacial score (nSPS) is 14.1. The molecule has 0 saturated carbocycles. The molecular formula is C17H21NO. The minimum absolute atomic E-state index is 0.0315. The summed E-state index contributed by atoms with van der Waals surface area (Å²) in [5.74, 6) is 0.532. The Kier molecular flexibility index (Phi) is 4.20. The molecule has 2 rings (SSSR count). The highest BCUT2D eigenvalue weighted by atomic mass is 16.1. The Morgan fingerprint density at radius 2 is 1.79 bits per heavy atom. The number of fused-ring (bicyclic) bond motifs is 1. The van der Waals surface area contributed by atoms with E-state index in [9.17, 15) is 4.79 Å². The second-order valence-corrected chi connectivity index (χ2v) is 5.19. The van der Waals surface area contributed by atoms with Gasteiger partial charge < -0.3 is 5.32 Å². The molecule has 0 saturated heterocycles. The predicted octanol–water partition coefficient (Wildman–Crippen LogP) is 4.46. The van der Waals surface area contributed by atoms with E-state index in [4.69, 9.17) is 0 Å². The van der Waals surface area contributed by atoms with Crippen LogP contribution < -0.4 is 5.32 Å². The topological polar surface area (TPSA) is 29.1 Å². The maximum absolute atomic E-state index is 12.2. The maximum atomic E-state index is 12.2. The molecule has 0 aliphatic rings. The van der Waals surface area contributed by atoms with Gasteiger partial charge in [-0.1, -0.05) is 63.6 Å². The van der Waals surface area contributed by atoms with Crippen molar-refractivity contribution in [1.29, 1.82) is 0 Å². The van der Waals surface area contributed by atoms with Crippen molar-refractivity contribution in [2.45, 2.75) is 27.2 Å². The molecule has 2 heteroatoms. The fourth-order valence-corrected chi connectivity index (χ4v) is 2.19. The molecule has 2 aromatic carbocycles. The number of nitrogens with one attached hydrogen (secondary N) is 1. The van der Waals surface area contributed by atoms with Crippen molar-refractivity contribution in [2.24, 2.45) is 11.8 Å². The first-order valence-electron chi connectivity index (χ1n) is 6.92. The Morgan fingerprint density at radius 3 is 2.53 bits per heavy atom. The van der Waals surface area contributed by atoms with E-state index < -0.39 is 0 Å². The van der Waals surface area contributed by atoms with E-state index in [2.05, 4.69) is 31.3 Å². The molecule has 2 unspecified atom stereocenters. The van der Waals surface area contributed by atoms with Gasteiger partial charge in [0.2, 0.25) is 5.91 Å². The van der Waals surface area contributed by atoms with Crippen molar-refractivity contribution in [1.82, 2.24) is 0 Å². The predicted molar refractivity (Wildman–Crippen MR) is 81.2 cm³/mol. The van der Waals surface area contributed by atoms with Crippen molar-refractivity contribution in [3.05, 3.63) is 42.5 Å². The number of hydrogen-bond donors (Lipinski definition) is 1. The van der Waals surface area contributed by atoms with Crippen LogP contribution in [0.5, 0.6) is 0 Å². The smallest absolute Gasteiger partial charge is 0.227 e. The van der Waals surface area contributed by atoms with Gasteiger partial charge in [-0.25, -0.2) is 0 Å².